The first-order valence-electron chi connectivity index (χ1n) is 9.81. The highest BCUT2D eigenvalue weighted by atomic mass is 127. The lowest BCUT2D eigenvalue weighted by molar-refractivity contribution is 0.0957. The van der Waals surface area contributed by atoms with Crippen molar-refractivity contribution in [2.24, 2.45) is 4.99 Å². The van der Waals surface area contributed by atoms with Gasteiger partial charge in [0.2, 0.25) is 0 Å². The van der Waals surface area contributed by atoms with Crippen LogP contribution in [-0.2, 0) is 0 Å². The predicted molar refractivity (Wildman–Crippen MR) is 134 cm³/mol. The van der Waals surface area contributed by atoms with Gasteiger partial charge >= 0.3 is 0 Å². The van der Waals surface area contributed by atoms with Gasteiger partial charge < -0.3 is 16.0 Å². The van der Waals surface area contributed by atoms with Crippen molar-refractivity contribution < 1.29 is 4.79 Å². The first-order valence-corrected chi connectivity index (χ1v) is 11.6. The summed E-state index contributed by atoms with van der Waals surface area (Å²) in [5.41, 5.74) is 0. The zero-order valence-electron chi connectivity index (χ0n) is 16.7. The van der Waals surface area contributed by atoms with Crippen LogP contribution in [0.1, 0.15) is 39.9 Å². The van der Waals surface area contributed by atoms with Crippen molar-refractivity contribution in [3.05, 3.63) is 44.8 Å². The minimum absolute atomic E-state index is 0. The van der Waals surface area contributed by atoms with Crippen molar-refractivity contribution in [2.45, 2.75) is 25.3 Å². The highest BCUT2D eigenvalue weighted by Crippen LogP contribution is 2.27. The summed E-state index contributed by atoms with van der Waals surface area (Å²) in [7, 11) is 1.80. The van der Waals surface area contributed by atoms with E-state index in [0.29, 0.717) is 12.6 Å². The molecule has 1 amide bonds. The molecule has 0 radical (unpaired) electrons. The number of guanidine groups is 1. The topological polar surface area (TPSA) is 68.8 Å². The summed E-state index contributed by atoms with van der Waals surface area (Å²) in [6.07, 6.45) is 3.41. The first kappa shape index (κ1) is 24.1. The first-order chi connectivity index (χ1) is 13.8. The molecular formula is C20H30IN5OS2. The lowest BCUT2D eigenvalue weighted by atomic mass is 10.2. The number of likely N-dealkylation sites (tertiary alicyclic amines) is 1. The summed E-state index contributed by atoms with van der Waals surface area (Å²) in [6.45, 7) is 4.58. The molecule has 0 aromatic carbocycles. The Hall–Kier alpha value is -1.17. The molecule has 29 heavy (non-hydrogen) atoms. The van der Waals surface area contributed by atoms with Gasteiger partial charge in [-0.2, -0.15) is 0 Å². The Bertz CT molecular complexity index is 730. The fraction of sp³-hybridized carbons (Fsp3) is 0.500. The van der Waals surface area contributed by atoms with Gasteiger partial charge in [0.15, 0.2) is 5.96 Å². The lowest BCUT2D eigenvalue weighted by Gasteiger charge is -2.27. The van der Waals surface area contributed by atoms with Crippen LogP contribution in [-0.4, -0.2) is 56.5 Å². The summed E-state index contributed by atoms with van der Waals surface area (Å²) in [4.78, 5) is 21.0. The summed E-state index contributed by atoms with van der Waals surface area (Å²) < 4.78 is 0. The lowest BCUT2D eigenvalue weighted by Crippen LogP contribution is -2.43. The standard InChI is InChI=1S/C20H29N5OS2.HI/c1-21-20(23-10-6-9-22-19(26)18-8-5-14-28-18)24-15-16(17-7-4-13-27-17)25-11-2-3-12-25;/h4-5,7-8,13-14,16H,2-3,6,9-12,15H2,1H3,(H,22,26)(H2,21,23,24);1H. The van der Waals surface area contributed by atoms with E-state index in [9.17, 15) is 4.79 Å². The number of thiophene rings is 2. The van der Waals surface area contributed by atoms with Crippen LogP contribution >= 0.6 is 46.7 Å². The Morgan fingerprint density at radius 1 is 1.10 bits per heavy atom. The summed E-state index contributed by atoms with van der Waals surface area (Å²) in [5, 5.41) is 13.8. The Labute approximate surface area is 198 Å². The van der Waals surface area contributed by atoms with E-state index >= 15 is 0 Å². The van der Waals surface area contributed by atoms with Crippen LogP contribution in [0.4, 0.5) is 0 Å². The zero-order valence-corrected chi connectivity index (χ0v) is 20.7. The molecule has 1 unspecified atom stereocenters. The molecule has 1 saturated heterocycles. The van der Waals surface area contributed by atoms with Crippen LogP contribution in [0.3, 0.4) is 0 Å². The Kier molecular flexibility index (Phi) is 11.0. The number of carbonyl (C=O) groups is 1. The van der Waals surface area contributed by atoms with E-state index in [2.05, 4.69) is 43.4 Å². The number of hydrogen-bond donors (Lipinski definition) is 3. The van der Waals surface area contributed by atoms with Crippen molar-refractivity contribution >= 4 is 58.5 Å². The molecule has 0 saturated carbocycles. The Morgan fingerprint density at radius 2 is 1.83 bits per heavy atom. The number of rotatable bonds is 9. The van der Waals surface area contributed by atoms with Crippen molar-refractivity contribution in [1.82, 2.24) is 20.9 Å². The number of hydrogen-bond acceptors (Lipinski definition) is 5. The number of nitrogens with one attached hydrogen (secondary N) is 3. The third kappa shape index (κ3) is 7.54. The van der Waals surface area contributed by atoms with Gasteiger partial charge in [0.05, 0.1) is 10.9 Å². The van der Waals surface area contributed by atoms with Crippen LogP contribution in [0.5, 0.6) is 0 Å². The SMILES string of the molecule is CN=C(NCCCNC(=O)c1cccs1)NCC(c1cccs1)N1CCCC1.I. The van der Waals surface area contributed by atoms with Crippen LogP contribution in [0.15, 0.2) is 40.0 Å². The third-order valence-corrected chi connectivity index (χ3v) is 6.66. The molecule has 0 bridgehead atoms. The summed E-state index contributed by atoms with van der Waals surface area (Å²) in [6, 6.07) is 8.48. The van der Waals surface area contributed by atoms with E-state index in [1.54, 1.807) is 7.05 Å². The fourth-order valence-electron chi connectivity index (χ4n) is 3.35. The molecule has 1 atom stereocenters. The van der Waals surface area contributed by atoms with Gasteiger partial charge in [-0.1, -0.05) is 12.1 Å². The normalized spacial score (nSPS) is 15.6. The van der Waals surface area contributed by atoms with Gasteiger partial charge in [-0.25, -0.2) is 0 Å². The summed E-state index contributed by atoms with van der Waals surface area (Å²) in [5.74, 6) is 0.812. The van der Waals surface area contributed by atoms with Crippen LogP contribution < -0.4 is 16.0 Å². The van der Waals surface area contributed by atoms with Gasteiger partial charge in [0.1, 0.15) is 0 Å². The Balaban J connectivity index is 0.00000300. The van der Waals surface area contributed by atoms with Crippen LogP contribution in [0, 0.1) is 0 Å². The molecule has 9 heteroatoms. The molecule has 2 aromatic heterocycles. The second-order valence-electron chi connectivity index (χ2n) is 6.74. The molecule has 0 aliphatic carbocycles. The van der Waals surface area contributed by atoms with Gasteiger partial charge in [-0.3, -0.25) is 14.7 Å². The molecular weight excluding hydrogens is 517 g/mol. The Morgan fingerprint density at radius 3 is 2.48 bits per heavy atom. The smallest absolute Gasteiger partial charge is 0.261 e. The van der Waals surface area contributed by atoms with Gasteiger partial charge in [-0.05, 0) is 55.2 Å². The number of halogens is 1. The number of amides is 1. The van der Waals surface area contributed by atoms with E-state index in [-0.39, 0.29) is 29.9 Å². The average Bonchev–Trinajstić information content (AvgIpc) is 3.49. The summed E-state index contributed by atoms with van der Waals surface area (Å²) >= 11 is 3.28. The van der Waals surface area contributed by atoms with Crippen LogP contribution in [0.25, 0.3) is 0 Å². The maximum Gasteiger partial charge on any atom is 0.261 e. The van der Waals surface area contributed by atoms with Crippen molar-refractivity contribution in [3.8, 4) is 0 Å². The molecule has 2 aromatic rings. The minimum atomic E-state index is 0. The molecule has 1 aliphatic heterocycles. The highest BCUT2D eigenvalue weighted by molar-refractivity contribution is 14.0. The largest absolute Gasteiger partial charge is 0.356 e. The second kappa shape index (κ2) is 13.2. The molecule has 3 rings (SSSR count). The fourth-order valence-corrected chi connectivity index (χ4v) is 4.85. The monoisotopic (exact) mass is 547 g/mol. The molecule has 1 aliphatic rings. The molecule has 0 spiro atoms. The molecule has 160 valence electrons. The number of aliphatic imine (C=N–C) groups is 1. The van der Waals surface area contributed by atoms with Crippen molar-refractivity contribution in [2.75, 3.05) is 39.8 Å². The molecule has 6 nitrogen and oxygen atoms in total. The van der Waals surface area contributed by atoms with E-state index in [0.717, 1.165) is 30.3 Å². The second-order valence-corrected chi connectivity index (χ2v) is 8.67. The van der Waals surface area contributed by atoms with Crippen LogP contribution in [0.2, 0.25) is 0 Å². The maximum atomic E-state index is 11.9. The maximum absolute atomic E-state index is 11.9. The van der Waals surface area contributed by atoms with E-state index in [1.807, 2.05) is 28.8 Å². The van der Waals surface area contributed by atoms with Gasteiger partial charge in [0, 0.05) is 31.6 Å². The minimum Gasteiger partial charge on any atom is -0.356 e. The number of nitrogens with zero attached hydrogens (tertiary/aromatic N) is 2. The quantitative estimate of drug-likeness (QED) is 0.195. The zero-order chi connectivity index (χ0) is 19.6. The van der Waals surface area contributed by atoms with E-state index in [4.69, 9.17) is 0 Å². The molecule has 3 heterocycles. The van der Waals surface area contributed by atoms with Gasteiger partial charge in [-0.15, -0.1) is 46.7 Å². The van der Waals surface area contributed by atoms with E-state index in [1.165, 1.54) is 42.1 Å². The number of carbonyl (C=O) groups excluding carboxylic acids is 1. The highest BCUT2D eigenvalue weighted by Gasteiger charge is 2.24. The average molecular weight is 548 g/mol. The van der Waals surface area contributed by atoms with Gasteiger partial charge in [0.25, 0.3) is 5.91 Å². The third-order valence-electron chi connectivity index (χ3n) is 4.82. The van der Waals surface area contributed by atoms with Crippen molar-refractivity contribution in [1.29, 1.82) is 0 Å². The molecule has 3 N–H and O–H groups in total. The molecule has 1 fully saturated rings. The van der Waals surface area contributed by atoms with Crippen molar-refractivity contribution in [3.63, 3.8) is 0 Å². The predicted octanol–water partition coefficient (Wildman–Crippen LogP) is 3.55. The van der Waals surface area contributed by atoms with E-state index < -0.39 is 0 Å².